The van der Waals surface area contributed by atoms with Gasteiger partial charge in [0.25, 0.3) is 0 Å². The van der Waals surface area contributed by atoms with E-state index in [-0.39, 0.29) is 42.3 Å². The number of phenolic OH excluding ortho intramolecular Hbond substituents is 1. The van der Waals surface area contributed by atoms with Gasteiger partial charge in [0.05, 0.1) is 13.1 Å². The van der Waals surface area contributed by atoms with E-state index in [4.69, 9.17) is 20.2 Å². The first-order valence-electron chi connectivity index (χ1n) is 12.8. The zero-order chi connectivity index (χ0) is 26.5. The van der Waals surface area contributed by atoms with Crippen molar-refractivity contribution in [3.05, 3.63) is 52.3 Å². The third-order valence-corrected chi connectivity index (χ3v) is 7.32. The molecule has 3 heterocycles. The van der Waals surface area contributed by atoms with E-state index >= 15 is 0 Å². The van der Waals surface area contributed by atoms with Gasteiger partial charge in [-0.1, -0.05) is 26.8 Å². The lowest BCUT2D eigenvalue weighted by Crippen LogP contribution is -2.31. The molecule has 0 spiro atoms. The number of phenols is 1. The molecule has 9 heteroatoms. The molecule has 37 heavy (non-hydrogen) atoms. The molecule has 1 saturated carbocycles. The number of amidine groups is 1. The van der Waals surface area contributed by atoms with E-state index in [9.17, 15) is 14.7 Å². The Labute approximate surface area is 216 Å². The number of aromatic nitrogens is 1. The maximum atomic E-state index is 13.5. The van der Waals surface area contributed by atoms with Gasteiger partial charge in [0.1, 0.15) is 17.6 Å². The number of rotatable bonds is 8. The highest BCUT2D eigenvalue weighted by Gasteiger charge is 2.33. The second-order valence-electron chi connectivity index (χ2n) is 11.4. The van der Waals surface area contributed by atoms with Crippen molar-refractivity contribution < 1.29 is 24.5 Å². The van der Waals surface area contributed by atoms with Gasteiger partial charge < -0.3 is 19.8 Å². The Morgan fingerprint density at radius 2 is 1.92 bits per heavy atom. The summed E-state index contributed by atoms with van der Waals surface area (Å²) < 4.78 is 6.13. The Kier molecular flexibility index (Phi) is 6.43. The van der Waals surface area contributed by atoms with Crippen LogP contribution < -0.4 is 4.74 Å². The number of ketones is 1. The van der Waals surface area contributed by atoms with Gasteiger partial charge in [0.15, 0.2) is 17.3 Å². The zero-order valence-electron chi connectivity index (χ0n) is 21.6. The lowest BCUT2D eigenvalue weighted by Gasteiger charge is -2.25. The molecule has 3 N–H and O–H groups in total. The number of carbonyl (C=O) groups is 2. The molecule has 1 aromatic carbocycles. The van der Waals surface area contributed by atoms with Crippen LogP contribution in [0.3, 0.4) is 0 Å². The van der Waals surface area contributed by atoms with Crippen molar-refractivity contribution in [3.63, 3.8) is 0 Å². The number of Topliss-reactive ketones (excluding diaryl/α,β-unsaturated/α-hetero) is 1. The zero-order valence-corrected chi connectivity index (χ0v) is 21.6. The van der Waals surface area contributed by atoms with Gasteiger partial charge in [-0.3, -0.25) is 19.9 Å². The number of carbonyl (C=O) groups excluding carboxylic acids is 1. The third-order valence-electron chi connectivity index (χ3n) is 7.32. The fourth-order valence-electron chi connectivity index (χ4n) is 5.11. The second kappa shape index (κ2) is 9.45. The Balaban J connectivity index is 1.35. The van der Waals surface area contributed by atoms with Gasteiger partial charge in [0, 0.05) is 47.9 Å². The number of benzene rings is 1. The summed E-state index contributed by atoms with van der Waals surface area (Å²) in [7, 11) is 0. The highest BCUT2D eigenvalue weighted by Crippen LogP contribution is 2.41. The number of hydrogen-bond donors (Lipinski definition) is 3. The van der Waals surface area contributed by atoms with Gasteiger partial charge in [0.2, 0.25) is 0 Å². The van der Waals surface area contributed by atoms with Crippen LogP contribution in [0.4, 0.5) is 0 Å². The molecular formula is C28H34N4O5. The normalized spacial score (nSPS) is 19.8. The first kappa shape index (κ1) is 25.2. The molecule has 0 radical (unpaired) electrons. The van der Waals surface area contributed by atoms with Crippen molar-refractivity contribution >= 4 is 17.6 Å². The number of likely N-dealkylation sites (tertiary alicyclic amines) is 1. The Hall–Kier alpha value is -3.46. The van der Waals surface area contributed by atoms with Gasteiger partial charge in [-0.05, 0) is 42.9 Å². The summed E-state index contributed by atoms with van der Waals surface area (Å²) in [5.41, 5.74) is 3.22. The van der Waals surface area contributed by atoms with Crippen LogP contribution in [0.1, 0.15) is 78.8 Å². The van der Waals surface area contributed by atoms with Gasteiger partial charge in [-0.25, -0.2) is 4.98 Å². The van der Waals surface area contributed by atoms with E-state index in [0.29, 0.717) is 48.8 Å². The summed E-state index contributed by atoms with van der Waals surface area (Å²) in [5, 5.41) is 28.7. The first-order valence-corrected chi connectivity index (χ1v) is 12.8. The van der Waals surface area contributed by atoms with Crippen LogP contribution in [-0.2, 0) is 16.8 Å². The molecule has 1 aliphatic carbocycles. The van der Waals surface area contributed by atoms with Crippen molar-refractivity contribution in [1.82, 2.24) is 14.8 Å². The number of carboxylic acids is 1. The highest BCUT2D eigenvalue weighted by atomic mass is 16.5. The fraction of sp³-hybridized carbons (Fsp3) is 0.500. The topological polar surface area (TPSA) is 127 Å². The minimum absolute atomic E-state index is 0.00105. The summed E-state index contributed by atoms with van der Waals surface area (Å²) >= 11 is 0. The monoisotopic (exact) mass is 506 g/mol. The third kappa shape index (κ3) is 5.32. The number of fused-ring (bicyclic) bond motifs is 1. The van der Waals surface area contributed by atoms with E-state index < -0.39 is 11.4 Å². The molecule has 1 atom stereocenters. The Morgan fingerprint density at radius 1 is 1.16 bits per heavy atom. The van der Waals surface area contributed by atoms with Crippen LogP contribution in [0.25, 0.3) is 0 Å². The minimum atomic E-state index is -0.889. The maximum absolute atomic E-state index is 13.5. The molecular weight excluding hydrogens is 472 g/mol. The molecule has 5 rings (SSSR count). The molecule has 2 fully saturated rings. The van der Waals surface area contributed by atoms with Crippen molar-refractivity contribution in [1.29, 1.82) is 5.41 Å². The maximum Gasteiger partial charge on any atom is 0.317 e. The molecule has 9 nitrogen and oxygen atoms in total. The van der Waals surface area contributed by atoms with Crippen molar-refractivity contribution in [2.24, 2.45) is 0 Å². The lowest BCUT2D eigenvalue weighted by molar-refractivity contribution is -0.138. The van der Waals surface area contributed by atoms with Crippen molar-refractivity contribution in [2.75, 3.05) is 26.2 Å². The standard InChI is InChI=1S/C28H34N4O5/c1-28(2,3)20-10-18(11-23(26(20)36)37-19-8-9-31(13-19)15-24(34)35)22(33)14-32-12-17-6-7-21(16-4-5-16)30-25(17)27(32)29/h6-7,10-11,16,19,29,36H,4-5,8-9,12-15H2,1-3H3,(H,34,35). The van der Waals surface area contributed by atoms with Crippen LogP contribution >= 0.6 is 0 Å². The molecule has 2 aliphatic heterocycles. The number of carboxylic acid groups (broad SMARTS) is 1. The average molecular weight is 507 g/mol. The van der Waals surface area contributed by atoms with E-state index in [1.165, 1.54) is 0 Å². The average Bonchev–Trinajstić information content (AvgIpc) is 3.52. The number of pyridine rings is 1. The lowest BCUT2D eigenvalue weighted by atomic mass is 9.84. The number of ether oxygens (including phenoxy) is 1. The van der Waals surface area contributed by atoms with E-state index in [2.05, 4.69) is 0 Å². The number of aromatic hydroxyl groups is 1. The number of nitrogens with one attached hydrogen (secondary N) is 1. The summed E-state index contributed by atoms with van der Waals surface area (Å²) in [6.45, 7) is 7.34. The quantitative estimate of drug-likeness (QED) is 0.464. The fourth-order valence-corrected chi connectivity index (χ4v) is 5.11. The number of nitrogens with zero attached hydrogens (tertiary/aromatic N) is 3. The first-order chi connectivity index (χ1) is 17.5. The molecule has 1 unspecified atom stereocenters. The largest absolute Gasteiger partial charge is 0.504 e. The van der Waals surface area contributed by atoms with Crippen LogP contribution in [0, 0.1) is 5.41 Å². The van der Waals surface area contributed by atoms with E-state index in [1.54, 1.807) is 21.9 Å². The van der Waals surface area contributed by atoms with Crippen molar-refractivity contribution in [3.8, 4) is 11.5 Å². The molecule has 1 aromatic heterocycles. The van der Waals surface area contributed by atoms with Crippen molar-refractivity contribution in [2.45, 2.75) is 64.0 Å². The second-order valence-corrected chi connectivity index (χ2v) is 11.4. The summed E-state index contributed by atoms with van der Waals surface area (Å²) in [4.78, 5) is 32.8. The summed E-state index contributed by atoms with van der Waals surface area (Å²) in [5.74, 6) is -0.0704. The Morgan fingerprint density at radius 3 is 2.59 bits per heavy atom. The molecule has 0 amide bonds. The van der Waals surface area contributed by atoms with Crippen LogP contribution in [0.15, 0.2) is 24.3 Å². The smallest absolute Gasteiger partial charge is 0.317 e. The van der Waals surface area contributed by atoms with E-state index in [1.807, 2.05) is 32.9 Å². The van der Waals surface area contributed by atoms with Crippen LogP contribution in [-0.4, -0.2) is 74.9 Å². The highest BCUT2D eigenvalue weighted by molar-refractivity contribution is 6.04. The van der Waals surface area contributed by atoms with Gasteiger partial charge in [-0.2, -0.15) is 0 Å². The number of aliphatic carboxylic acids is 1. The minimum Gasteiger partial charge on any atom is -0.504 e. The van der Waals surface area contributed by atoms with Crippen LogP contribution in [0.2, 0.25) is 0 Å². The SMILES string of the molecule is CC(C)(C)c1cc(C(=O)CN2Cc3ccc(C4CC4)nc3C2=N)cc(OC2CCN(CC(=O)O)C2)c1O. The Bertz CT molecular complexity index is 1260. The number of hydrogen-bond acceptors (Lipinski definition) is 7. The molecule has 0 bridgehead atoms. The molecule has 1 saturated heterocycles. The summed E-state index contributed by atoms with van der Waals surface area (Å²) in [6, 6.07) is 7.35. The molecule has 196 valence electrons. The summed E-state index contributed by atoms with van der Waals surface area (Å²) in [6.07, 6.45) is 2.63. The predicted octanol–water partition coefficient (Wildman–Crippen LogP) is 3.52. The van der Waals surface area contributed by atoms with E-state index in [0.717, 1.165) is 24.1 Å². The predicted molar refractivity (Wildman–Crippen MR) is 138 cm³/mol. The molecule has 2 aromatic rings. The van der Waals surface area contributed by atoms with Gasteiger partial charge >= 0.3 is 5.97 Å². The van der Waals surface area contributed by atoms with Crippen LogP contribution in [0.5, 0.6) is 11.5 Å². The van der Waals surface area contributed by atoms with Gasteiger partial charge in [-0.15, -0.1) is 0 Å². The molecule has 3 aliphatic rings.